The van der Waals surface area contributed by atoms with E-state index in [1.54, 1.807) is 49.6 Å². The van der Waals surface area contributed by atoms with Crippen LogP contribution in [0.15, 0.2) is 46.9 Å². The quantitative estimate of drug-likeness (QED) is 0.582. The average molecular weight is 420 g/mol. The maximum atomic E-state index is 12.1. The standard InChI is InChI=1S/C19H15Cl2N3O4/c1-26-15-5-3-11(7-16(15)27-2)4-6-17(25)22-19-24-23-18(28-19)12-8-13(20)10-14(21)9-12/h3-10H,1-2H3,(H,22,24,25). The molecule has 0 atom stereocenters. The van der Waals surface area contributed by atoms with Gasteiger partial charge in [0.1, 0.15) is 0 Å². The highest BCUT2D eigenvalue weighted by molar-refractivity contribution is 6.35. The number of ether oxygens (including phenoxy) is 2. The SMILES string of the molecule is COc1ccc(C=CC(=O)Nc2nnc(-c3cc(Cl)cc(Cl)c3)o2)cc1OC. The Morgan fingerprint density at radius 1 is 1.04 bits per heavy atom. The van der Waals surface area contributed by atoms with Gasteiger partial charge in [-0.1, -0.05) is 34.4 Å². The molecule has 3 aromatic rings. The Morgan fingerprint density at radius 3 is 2.43 bits per heavy atom. The predicted molar refractivity (Wildman–Crippen MR) is 107 cm³/mol. The van der Waals surface area contributed by atoms with Crippen LogP contribution < -0.4 is 14.8 Å². The maximum Gasteiger partial charge on any atom is 0.322 e. The third-order valence-electron chi connectivity index (χ3n) is 3.60. The summed E-state index contributed by atoms with van der Waals surface area (Å²) in [6.07, 6.45) is 2.95. The van der Waals surface area contributed by atoms with Gasteiger partial charge in [0.2, 0.25) is 5.89 Å². The molecule has 3 rings (SSSR count). The van der Waals surface area contributed by atoms with Crippen molar-refractivity contribution in [2.45, 2.75) is 0 Å². The van der Waals surface area contributed by atoms with Gasteiger partial charge in [0.15, 0.2) is 11.5 Å². The summed E-state index contributed by atoms with van der Waals surface area (Å²) in [5.41, 5.74) is 1.30. The van der Waals surface area contributed by atoms with E-state index in [1.807, 2.05) is 0 Å². The van der Waals surface area contributed by atoms with E-state index >= 15 is 0 Å². The molecule has 0 aliphatic rings. The van der Waals surface area contributed by atoms with Crippen LogP contribution in [-0.4, -0.2) is 30.3 Å². The van der Waals surface area contributed by atoms with Gasteiger partial charge in [-0.15, -0.1) is 5.10 Å². The molecule has 0 saturated carbocycles. The molecule has 28 heavy (non-hydrogen) atoms. The van der Waals surface area contributed by atoms with Crippen molar-refractivity contribution in [1.29, 1.82) is 0 Å². The van der Waals surface area contributed by atoms with Crippen LogP contribution in [0.25, 0.3) is 17.5 Å². The van der Waals surface area contributed by atoms with Crippen molar-refractivity contribution in [3.8, 4) is 23.0 Å². The van der Waals surface area contributed by atoms with Crippen LogP contribution in [0.2, 0.25) is 10.0 Å². The number of anilines is 1. The Bertz CT molecular complexity index is 1010. The smallest absolute Gasteiger partial charge is 0.322 e. The fourth-order valence-electron chi connectivity index (χ4n) is 2.34. The van der Waals surface area contributed by atoms with E-state index in [0.717, 1.165) is 5.56 Å². The number of benzene rings is 2. The van der Waals surface area contributed by atoms with Gasteiger partial charge < -0.3 is 13.9 Å². The molecule has 0 bridgehead atoms. The van der Waals surface area contributed by atoms with Gasteiger partial charge in [-0.2, -0.15) is 0 Å². The summed E-state index contributed by atoms with van der Waals surface area (Å²) in [6, 6.07) is 10.1. The first kappa shape index (κ1) is 19.7. The molecule has 0 radical (unpaired) electrons. The minimum Gasteiger partial charge on any atom is -0.493 e. The van der Waals surface area contributed by atoms with Crippen LogP contribution in [0.1, 0.15) is 5.56 Å². The monoisotopic (exact) mass is 419 g/mol. The van der Waals surface area contributed by atoms with Crippen molar-refractivity contribution < 1.29 is 18.7 Å². The van der Waals surface area contributed by atoms with Crippen molar-refractivity contribution in [2.75, 3.05) is 19.5 Å². The van der Waals surface area contributed by atoms with Crippen molar-refractivity contribution in [2.24, 2.45) is 0 Å². The summed E-state index contributed by atoms with van der Waals surface area (Å²) >= 11 is 11.9. The van der Waals surface area contributed by atoms with Gasteiger partial charge in [-0.3, -0.25) is 10.1 Å². The highest BCUT2D eigenvalue weighted by Crippen LogP contribution is 2.28. The molecule has 144 valence electrons. The number of hydrogen-bond donors (Lipinski definition) is 1. The van der Waals surface area contributed by atoms with Gasteiger partial charge in [-0.05, 0) is 42.0 Å². The molecule has 0 spiro atoms. The average Bonchev–Trinajstić information content (AvgIpc) is 3.13. The van der Waals surface area contributed by atoms with Gasteiger partial charge in [0, 0.05) is 21.7 Å². The third-order valence-corrected chi connectivity index (χ3v) is 4.04. The lowest BCUT2D eigenvalue weighted by Gasteiger charge is -2.07. The van der Waals surface area contributed by atoms with Gasteiger partial charge in [0.05, 0.1) is 14.2 Å². The molecule has 1 aromatic heterocycles. The van der Waals surface area contributed by atoms with E-state index in [-0.39, 0.29) is 11.9 Å². The number of halogens is 2. The second-order valence-electron chi connectivity index (χ2n) is 5.51. The molecule has 1 N–H and O–H groups in total. The summed E-state index contributed by atoms with van der Waals surface area (Å²) < 4.78 is 15.8. The molecular formula is C19H15Cl2N3O4. The minimum atomic E-state index is -0.436. The van der Waals surface area contributed by atoms with Crippen molar-refractivity contribution >= 4 is 41.2 Å². The second-order valence-corrected chi connectivity index (χ2v) is 6.38. The molecular weight excluding hydrogens is 405 g/mol. The van der Waals surface area contributed by atoms with Crippen molar-refractivity contribution in [3.05, 3.63) is 58.1 Å². The van der Waals surface area contributed by atoms with Gasteiger partial charge in [0.25, 0.3) is 5.91 Å². The number of aromatic nitrogens is 2. The number of amides is 1. The first-order chi connectivity index (χ1) is 13.5. The van der Waals surface area contributed by atoms with E-state index in [0.29, 0.717) is 27.1 Å². The number of methoxy groups -OCH3 is 2. The van der Waals surface area contributed by atoms with Crippen molar-refractivity contribution in [1.82, 2.24) is 10.2 Å². The lowest BCUT2D eigenvalue weighted by atomic mass is 10.2. The van der Waals surface area contributed by atoms with E-state index < -0.39 is 5.91 Å². The zero-order chi connectivity index (χ0) is 20.1. The predicted octanol–water partition coefficient (Wildman–Crippen LogP) is 4.71. The Balaban J connectivity index is 1.68. The fraction of sp³-hybridized carbons (Fsp3) is 0.105. The molecule has 0 aliphatic heterocycles. The first-order valence-electron chi connectivity index (χ1n) is 7.99. The van der Waals surface area contributed by atoms with Gasteiger partial charge >= 0.3 is 6.01 Å². The molecule has 0 aliphatic carbocycles. The van der Waals surface area contributed by atoms with Crippen LogP contribution in [0.5, 0.6) is 11.5 Å². The zero-order valence-electron chi connectivity index (χ0n) is 14.9. The number of rotatable bonds is 6. The first-order valence-corrected chi connectivity index (χ1v) is 8.75. The maximum absolute atomic E-state index is 12.1. The Labute approximate surface area is 170 Å². The number of nitrogens with one attached hydrogen (secondary N) is 1. The largest absolute Gasteiger partial charge is 0.493 e. The van der Waals surface area contributed by atoms with Crippen LogP contribution in [-0.2, 0) is 4.79 Å². The number of hydrogen-bond acceptors (Lipinski definition) is 6. The fourth-order valence-corrected chi connectivity index (χ4v) is 2.87. The molecule has 2 aromatic carbocycles. The molecule has 0 unspecified atom stereocenters. The number of carbonyl (C=O) groups is 1. The zero-order valence-corrected chi connectivity index (χ0v) is 16.4. The van der Waals surface area contributed by atoms with E-state index in [2.05, 4.69) is 15.5 Å². The molecule has 0 saturated heterocycles. The van der Waals surface area contributed by atoms with Crippen molar-refractivity contribution in [3.63, 3.8) is 0 Å². The minimum absolute atomic E-state index is 0.0481. The lowest BCUT2D eigenvalue weighted by Crippen LogP contribution is -2.07. The summed E-state index contributed by atoms with van der Waals surface area (Å²) in [5.74, 6) is 0.910. The van der Waals surface area contributed by atoms with E-state index in [9.17, 15) is 4.79 Å². The lowest BCUT2D eigenvalue weighted by molar-refractivity contribution is -0.112. The summed E-state index contributed by atoms with van der Waals surface area (Å²) in [6.45, 7) is 0. The Kier molecular flexibility index (Phi) is 6.18. The molecule has 7 nitrogen and oxygen atoms in total. The van der Waals surface area contributed by atoms with Gasteiger partial charge in [-0.25, -0.2) is 0 Å². The van der Waals surface area contributed by atoms with E-state index in [4.69, 9.17) is 37.1 Å². The Hall–Kier alpha value is -3.03. The van der Waals surface area contributed by atoms with Crippen LogP contribution in [0.4, 0.5) is 6.01 Å². The molecule has 1 amide bonds. The second kappa shape index (κ2) is 8.77. The molecule has 1 heterocycles. The van der Waals surface area contributed by atoms with Crippen LogP contribution in [0, 0.1) is 0 Å². The summed E-state index contributed by atoms with van der Waals surface area (Å²) in [4.78, 5) is 12.1. The van der Waals surface area contributed by atoms with Crippen LogP contribution in [0.3, 0.4) is 0 Å². The third kappa shape index (κ3) is 4.82. The number of nitrogens with zero attached hydrogens (tertiary/aromatic N) is 2. The van der Waals surface area contributed by atoms with Crippen LogP contribution >= 0.6 is 23.2 Å². The van der Waals surface area contributed by atoms with E-state index in [1.165, 1.54) is 13.2 Å². The highest BCUT2D eigenvalue weighted by atomic mass is 35.5. The summed E-state index contributed by atoms with van der Waals surface area (Å²) in [7, 11) is 3.09. The summed E-state index contributed by atoms with van der Waals surface area (Å²) in [5, 5.41) is 11.0. The topological polar surface area (TPSA) is 86.5 Å². The Morgan fingerprint density at radius 2 is 1.75 bits per heavy atom. The normalized spacial score (nSPS) is 10.9. The molecule has 9 heteroatoms. The number of carbonyl (C=O) groups excluding carboxylic acids is 1. The molecule has 0 fully saturated rings. The highest BCUT2D eigenvalue weighted by Gasteiger charge is 2.11.